The van der Waals surface area contributed by atoms with Gasteiger partial charge in [0.1, 0.15) is 11.9 Å². The van der Waals surface area contributed by atoms with E-state index in [-0.39, 0.29) is 34.7 Å². The summed E-state index contributed by atoms with van der Waals surface area (Å²) in [5.41, 5.74) is 0.721. The molecule has 1 aromatic carbocycles. The Kier molecular flexibility index (Phi) is 5.35. The molecule has 3 aromatic rings. The molecule has 0 amide bonds. The van der Waals surface area contributed by atoms with Crippen LogP contribution in [0.1, 0.15) is 24.5 Å². The maximum atomic E-state index is 14.2. The topological polar surface area (TPSA) is 69.0 Å². The summed E-state index contributed by atoms with van der Waals surface area (Å²) >= 11 is 0. The maximum Gasteiger partial charge on any atom is 0.300 e. The van der Waals surface area contributed by atoms with Gasteiger partial charge >= 0.3 is 0 Å². The lowest BCUT2D eigenvalue weighted by atomic mass is 10.0. The molecule has 8 heteroatoms. The van der Waals surface area contributed by atoms with Crippen molar-refractivity contribution in [3.63, 3.8) is 0 Å². The lowest BCUT2D eigenvalue weighted by Crippen LogP contribution is -2.34. The Bertz CT molecular complexity index is 1060. The van der Waals surface area contributed by atoms with Crippen LogP contribution in [-0.4, -0.2) is 27.1 Å². The van der Waals surface area contributed by atoms with Gasteiger partial charge in [0.2, 0.25) is 0 Å². The van der Waals surface area contributed by atoms with E-state index in [1.54, 1.807) is 19.2 Å². The molecule has 29 heavy (non-hydrogen) atoms. The zero-order valence-corrected chi connectivity index (χ0v) is 15.8. The highest BCUT2D eigenvalue weighted by atomic mass is 19.1. The summed E-state index contributed by atoms with van der Waals surface area (Å²) in [5, 5.41) is 3.38. The van der Waals surface area contributed by atoms with Gasteiger partial charge in [-0.05, 0) is 43.1 Å². The molecule has 6 nitrogen and oxygen atoms in total. The van der Waals surface area contributed by atoms with Gasteiger partial charge in [-0.2, -0.15) is 4.98 Å². The van der Waals surface area contributed by atoms with Crippen LogP contribution in [0.25, 0.3) is 11.3 Å². The van der Waals surface area contributed by atoms with Gasteiger partial charge in [-0.3, -0.25) is 14.3 Å². The van der Waals surface area contributed by atoms with Gasteiger partial charge in [-0.25, -0.2) is 8.78 Å². The van der Waals surface area contributed by atoms with E-state index in [9.17, 15) is 13.6 Å². The van der Waals surface area contributed by atoms with Crippen molar-refractivity contribution in [3.8, 4) is 17.3 Å². The standard InChI is InChI=1S/C21H20F2N4O2/c1-27-19(28)11-18(15-8-10-24-12-16(15)23)26-21(27)29-20(17-3-2-9-25-17)13-4-6-14(22)7-5-13/h4-8,10-12,17,20,25H,2-3,9H2,1H3/t17?,20-/m0/s1. The molecule has 0 spiro atoms. The van der Waals surface area contributed by atoms with Gasteiger partial charge < -0.3 is 10.1 Å². The molecule has 1 unspecified atom stereocenters. The minimum Gasteiger partial charge on any atom is -0.455 e. The van der Waals surface area contributed by atoms with Crippen LogP contribution in [0.5, 0.6) is 6.01 Å². The first-order valence-corrected chi connectivity index (χ1v) is 9.36. The molecule has 0 bridgehead atoms. The average molecular weight is 398 g/mol. The van der Waals surface area contributed by atoms with E-state index in [0.717, 1.165) is 31.1 Å². The zero-order chi connectivity index (χ0) is 20.4. The van der Waals surface area contributed by atoms with Crippen molar-refractivity contribution in [3.05, 3.63) is 76.3 Å². The van der Waals surface area contributed by atoms with Gasteiger partial charge in [0, 0.05) is 30.9 Å². The molecule has 1 N–H and O–H groups in total. The van der Waals surface area contributed by atoms with E-state index in [4.69, 9.17) is 4.74 Å². The number of hydrogen-bond acceptors (Lipinski definition) is 5. The van der Waals surface area contributed by atoms with Crippen LogP contribution in [0, 0.1) is 11.6 Å². The third-order valence-corrected chi connectivity index (χ3v) is 5.04. The lowest BCUT2D eigenvalue weighted by molar-refractivity contribution is 0.142. The number of pyridine rings is 1. The summed E-state index contributed by atoms with van der Waals surface area (Å²) in [6, 6.07) is 8.81. The quantitative estimate of drug-likeness (QED) is 0.716. The molecule has 1 saturated heterocycles. The smallest absolute Gasteiger partial charge is 0.300 e. The van der Waals surface area contributed by atoms with E-state index in [0.29, 0.717) is 0 Å². The average Bonchev–Trinajstić information content (AvgIpc) is 3.25. The highest BCUT2D eigenvalue weighted by Gasteiger charge is 2.29. The summed E-state index contributed by atoms with van der Waals surface area (Å²) in [5.74, 6) is -0.917. The second-order valence-corrected chi connectivity index (χ2v) is 6.97. The Morgan fingerprint density at radius 1 is 1.24 bits per heavy atom. The van der Waals surface area contributed by atoms with E-state index >= 15 is 0 Å². The third-order valence-electron chi connectivity index (χ3n) is 5.04. The Hall–Kier alpha value is -3.13. The van der Waals surface area contributed by atoms with Crippen molar-refractivity contribution >= 4 is 0 Å². The second-order valence-electron chi connectivity index (χ2n) is 6.97. The van der Waals surface area contributed by atoms with Crippen molar-refractivity contribution < 1.29 is 13.5 Å². The summed E-state index contributed by atoms with van der Waals surface area (Å²) in [6.07, 6.45) is 3.88. The number of ether oxygens (including phenoxy) is 1. The first-order valence-electron chi connectivity index (χ1n) is 9.36. The second kappa shape index (κ2) is 8.08. The predicted molar refractivity (Wildman–Crippen MR) is 103 cm³/mol. The minimum absolute atomic E-state index is 0.0151. The van der Waals surface area contributed by atoms with Crippen LogP contribution in [-0.2, 0) is 7.05 Å². The number of halogens is 2. The molecular weight excluding hydrogens is 378 g/mol. The number of rotatable bonds is 5. The summed E-state index contributed by atoms with van der Waals surface area (Å²) in [4.78, 5) is 20.6. The van der Waals surface area contributed by atoms with E-state index in [1.807, 2.05) is 0 Å². The third kappa shape index (κ3) is 4.02. The summed E-state index contributed by atoms with van der Waals surface area (Å²) in [7, 11) is 1.54. The highest BCUT2D eigenvalue weighted by Crippen LogP contribution is 2.29. The number of benzene rings is 1. The van der Waals surface area contributed by atoms with Gasteiger partial charge in [0.15, 0.2) is 5.82 Å². The van der Waals surface area contributed by atoms with E-state index < -0.39 is 11.9 Å². The molecule has 3 heterocycles. The van der Waals surface area contributed by atoms with Crippen molar-refractivity contribution in [1.82, 2.24) is 19.9 Å². The van der Waals surface area contributed by atoms with Gasteiger partial charge in [-0.15, -0.1) is 0 Å². The van der Waals surface area contributed by atoms with Crippen molar-refractivity contribution in [2.75, 3.05) is 6.54 Å². The molecule has 1 aliphatic heterocycles. The van der Waals surface area contributed by atoms with Crippen LogP contribution in [0.4, 0.5) is 8.78 Å². The predicted octanol–water partition coefficient (Wildman–Crippen LogP) is 2.99. The van der Waals surface area contributed by atoms with Crippen molar-refractivity contribution in [1.29, 1.82) is 0 Å². The SMILES string of the molecule is Cn1c(O[C@@H](c2ccc(F)cc2)C2CCCN2)nc(-c2ccncc2F)cc1=O. The fourth-order valence-electron chi connectivity index (χ4n) is 3.46. The molecular formula is C21H20F2N4O2. The van der Waals surface area contributed by atoms with Crippen molar-refractivity contribution in [2.45, 2.75) is 25.0 Å². The van der Waals surface area contributed by atoms with Crippen LogP contribution in [0.15, 0.2) is 53.6 Å². The molecule has 2 aromatic heterocycles. The number of nitrogens with one attached hydrogen (secondary N) is 1. The number of hydrogen-bond donors (Lipinski definition) is 1. The van der Waals surface area contributed by atoms with Crippen molar-refractivity contribution in [2.24, 2.45) is 7.05 Å². The van der Waals surface area contributed by atoms with E-state index in [1.165, 1.54) is 35.0 Å². The summed E-state index contributed by atoms with van der Waals surface area (Å²) < 4.78 is 35.0. The number of nitrogens with zero attached hydrogens (tertiary/aromatic N) is 3. The van der Waals surface area contributed by atoms with E-state index in [2.05, 4.69) is 15.3 Å². The van der Waals surface area contributed by atoms with Gasteiger partial charge in [0.05, 0.1) is 11.9 Å². The van der Waals surface area contributed by atoms with Gasteiger partial charge in [0.25, 0.3) is 11.6 Å². The van der Waals surface area contributed by atoms with Gasteiger partial charge in [-0.1, -0.05) is 12.1 Å². The Morgan fingerprint density at radius 3 is 2.72 bits per heavy atom. The highest BCUT2D eigenvalue weighted by molar-refractivity contribution is 5.58. The van der Waals surface area contributed by atoms with Crippen LogP contribution >= 0.6 is 0 Å². The molecule has 0 saturated carbocycles. The molecule has 4 rings (SSSR count). The Morgan fingerprint density at radius 2 is 2.03 bits per heavy atom. The summed E-state index contributed by atoms with van der Waals surface area (Å²) in [6.45, 7) is 0.848. The normalized spacial score (nSPS) is 17.3. The molecule has 2 atom stereocenters. The molecule has 1 aliphatic rings. The first kappa shape index (κ1) is 19.2. The Labute approximate surface area is 166 Å². The Balaban J connectivity index is 1.75. The largest absolute Gasteiger partial charge is 0.455 e. The fraction of sp³-hybridized carbons (Fsp3) is 0.286. The van der Waals surface area contributed by atoms with Crippen LogP contribution in [0.3, 0.4) is 0 Å². The van der Waals surface area contributed by atoms with Crippen LogP contribution < -0.4 is 15.6 Å². The molecule has 1 fully saturated rings. The number of aromatic nitrogens is 3. The monoisotopic (exact) mass is 398 g/mol. The minimum atomic E-state index is -0.577. The molecule has 0 aliphatic carbocycles. The fourth-order valence-corrected chi connectivity index (χ4v) is 3.46. The van der Waals surface area contributed by atoms with Crippen LogP contribution in [0.2, 0.25) is 0 Å². The first-order chi connectivity index (χ1) is 14.0. The molecule has 0 radical (unpaired) electrons. The zero-order valence-electron chi connectivity index (χ0n) is 15.8. The lowest BCUT2D eigenvalue weighted by Gasteiger charge is -2.25. The molecule has 150 valence electrons. The maximum absolute atomic E-state index is 14.2.